The predicted molar refractivity (Wildman–Crippen MR) is 84.2 cm³/mol. The molecule has 0 aliphatic heterocycles. The second-order valence-corrected chi connectivity index (χ2v) is 5.39. The number of nitrogens with two attached hydrogens (primary N) is 1. The monoisotopic (exact) mass is 355 g/mol. The van der Waals surface area contributed by atoms with Crippen LogP contribution in [0.4, 0.5) is 4.39 Å². The minimum absolute atomic E-state index is 0.0698. The van der Waals surface area contributed by atoms with E-state index in [-0.39, 0.29) is 13.2 Å². The molecule has 0 amide bonds. The Morgan fingerprint density at radius 2 is 1.42 bits per heavy atom. The van der Waals surface area contributed by atoms with Crippen molar-refractivity contribution in [3.8, 4) is 0 Å². The number of halogens is 1. The number of rotatable bonds is 16. The molecule has 0 aliphatic carbocycles. The van der Waals surface area contributed by atoms with Crippen molar-refractivity contribution >= 4 is 5.97 Å². The molecule has 8 nitrogen and oxygen atoms in total. The topological polar surface area (TPSA) is 98.5 Å². The maximum atomic E-state index is 13.4. The molecule has 1 atom stereocenters. The summed E-state index contributed by atoms with van der Waals surface area (Å²) in [5.41, 5.74) is 4.36. The lowest BCUT2D eigenvalue weighted by molar-refractivity contribution is -0.274. The molecule has 2 N–H and O–H groups in total. The summed E-state index contributed by atoms with van der Waals surface area (Å²) in [7, 11) is 0. The first-order valence-corrected chi connectivity index (χ1v) is 7.91. The lowest BCUT2D eigenvalue weighted by Gasteiger charge is -2.28. The summed E-state index contributed by atoms with van der Waals surface area (Å²) in [5, 5.41) is 0. The molecule has 144 valence electrons. The van der Waals surface area contributed by atoms with Crippen molar-refractivity contribution in [2.45, 2.75) is 32.5 Å². The van der Waals surface area contributed by atoms with E-state index in [1.54, 1.807) is 13.8 Å². The molecule has 0 aromatic carbocycles. The summed E-state index contributed by atoms with van der Waals surface area (Å²) in [6.07, 6.45) is -1.21. The lowest BCUT2D eigenvalue weighted by Crippen LogP contribution is -2.41. The average molecular weight is 355 g/mol. The van der Waals surface area contributed by atoms with Crippen LogP contribution >= 0.6 is 0 Å². The van der Waals surface area contributed by atoms with Gasteiger partial charge in [0.15, 0.2) is 0 Å². The second kappa shape index (κ2) is 14.5. The molecule has 0 saturated heterocycles. The van der Waals surface area contributed by atoms with Crippen molar-refractivity contribution in [2.75, 3.05) is 59.4 Å². The van der Waals surface area contributed by atoms with E-state index in [0.717, 1.165) is 0 Å². The van der Waals surface area contributed by atoms with E-state index < -0.39 is 17.7 Å². The summed E-state index contributed by atoms with van der Waals surface area (Å²) in [4.78, 5) is 19.2. The summed E-state index contributed by atoms with van der Waals surface area (Å²) >= 11 is 0. The van der Waals surface area contributed by atoms with Gasteiger partial charge in [0.2, 0.25) is 0 Å². The Kier molecular flexibility index (Phi) is 14.0. The van der Waals surface area contributed by atoms with Crippen LogP contribution in [0.5, 0.6) is 0 Å². The first kappa shape index (κ1) is 23.2. The number of alkyl halides is 1. The highest BCUT2D eigenvalue weighted by atomic mass is 19.1. The van der Waals surface area contributed by atoms with E-state index in [0.29, 0.717) is 46.2 Å². The van der Waals surface area contributed by atoms with Gasteiger partial charge in [0.1, 0.15) is 12.8 Å². The van der Waals surface area contributed by atoms with Crippen LogP contribution in [-0.2, 0) is 33.5 Å². The van der Waals surface area contributed by atoms with Crippen LogP contribution in [0, 0.1) is 0 Å². The van der Waals surface area contributed by atoms with Crippen molar-refractivity contribution in [1.82, 2.24) is 0 Å². The zero-order chi connectivity index (χ0) is 18.3. The molecule has 0 rings (SSSR count). The van der Waals surface area contributed by atoms with Gasteiger partial charge in [-0.05, 0) is 13.8 Å². The summed E-state index contributed by atoms with van der Waals surface area (Å²) in [6, 6.07) is 0. The highest BCUT2D eigenvalue weighted by Crippen LogP contribution is 2.16. The summed E-state index contributed by atoms with van der Waals surface area (Å²) < 4.78 is 34.6. The van der Waals surface area contributed by atoms with Crippen LogP contribution in [0.15, 0.2) is 0 Å². The van der Waals surface area contributed by atoms with Gasteiger partial charge in [-0.15, -0.1) is 0 Å². The Balaban J connectivity index is 3.25. The smallest absolute Gasteiger partial charge is 0.339 e. The van der Waals surface area contributed by atoms with E-state index in [1.807, 2.05) is 0 Å². The predicted octanol–water partition coefficient (Wildman–Crippen LogP) is 0.623. The summed E-state index contributed by atoms with van der Waals surface area (Å²) in [5.74, 6) is -0.504. The number of carbonyl (C=O) groups is 1. The number of ether oxygens (including phenoxy) is 4. The van der Waals surface area contributed by atoms with Gasteiger partial charge in [0.05, 0.1) is 51.8 Å². The molecular formula is C15H30FNO7. The molecule has 0 heterocycles. The molecule has 9 heteroatoms. The van der Waals surface area contributed by atoms with E-state index in [4.69, 9.17) is 24.7 Å². The standard InChI is InChI=1S/C15H30FNO7/c1-13(18)24-23-11-9-21-7-5-19-4-6-20-8-10-22-15(2,3)14(16)12-17/h14H,4-12,17H2,1-3H3. The molecule has 0 aliphatic rings. The fraction of sp³-hybridized carbons (Fsp3) is 0.933. The maximum absolute atomic E-state index is 13.4. The van der Waals surface area contributed by atoms with Gasteiger partial charge in [-0.25, -0.2) is 9.18 Å². The van der Waals surface area contributed by atoms with E-state index in [2.05, 4.69) is 9.78 Å². The third-order valence-electron chi connectivity index (χ3n) is 2.89. The largest absolute Gasteiger partial charge is 0.377 e. The van der Waals surface area contributed by atoms with Crippen molar-refractivity contribution in [2.24, 2.45) is 5.73 Å². The van der Waals surface area contributed by atoms with Crippen LogP contribution in [0.1, 0.15) is 20.8 Å². The fourth-order valence-corrected chi connectivity index (χ4v) is 1.50. The number of hydrogen-bond acceptors (Lipinski definition) is 8. The first-order valence-electron chi connectivity index (χ1n) is 7.91. The average Bonchev–Trinajstić information content (AvgIpc) is 2.53. The Bertz CT molecular complexity index is 318. The third kappa shape index (κ3) is 13.6. The first-order chi connectivity index (χ1) is 11.4. The zero-order valence-corrected chi connectivity index (χ0v) is 14.8. The van der Waals surface area contributed by atoms with Crippen LogP contribution < -0.4 is 5.73 Å². The lowest BCUT2D eigenvalue weighted by atomic mass is 10.0. The molecule has 24 heavy (non-hydrogen) atoms. The van der Waals surface area contributed by atoms with Crippen LogP contribution in [0.3, 0.4) is 0 Å². The molecule has 0 saturated carbocycles. The molecule has 0 bridgehead atoms. The van der Waals surface area contributed by atoms with Gasteiger partial charge >= 0.3 is 5.97 Å². The quantitative estimate of drug-likeness (QED) is 0.244. The van der Waals surface area contributed by atoms with Crippen molar-refractivity contribution in [1.29, 1.82) is 0 Å². The molecule has 0 aromatic heterocycles. The maximum Gasteiger partial charge on any atom is 0.339 e. The Morgan fingerprint density at radius 3 is 1.88 bits per heavy atom. The summed E-state index contributed by atoms with van der Waals surface area (Å²) in [6.45, 7) is 7.27. The van der Waals surface area contributed by atoms with E-state index >= 15 is 0 Å². The Morgan fingerprint density at radius 1 is 0.958 bits per heavy atom. The van der Waals surface area contributed by atoms with Gasteiger partial charge in [-0.3, -0.25) is 4.89 Å². The third-order valence-corrected chi connectivity index (χ3v) is 2.89. The van der Waals surface area contributed by atoms with Crippen LogP contribution in [-0.4, -0.2) is 77.1 Å². The van der Waals surface area contributed by atoms with Gasteiger partial charge in [-0.1, -0.05) is 0 Å². The molecule has 0 fully saturated rings. The number of carbonyl (C=O) groups excluding carboxylic acids is 1. The minimum atomic E-state index is -1.21. The second-order valence-electron chi connectivity index (χ2n) is 5.39. The Labute approximate surface area is 142 Å². The van der Waals surface area contributed by atoms with Gasteiger partial charge in [-0.2, -0.15) is 4.89 Å². The molecule has 0 radical (unpaired) electrons. The van der Waals surface area contributed by atoms with Crippen LogP contribution in [0.2, 0.25) is 0 Å². The van der Waals surface area contributed by atoms with Gasteiger partial charge < -0.3 is 24.7 Å². The highest BCUT2D eigenvalue weighted by Gasteiger charge is 2.28. The minimum Gasteiger partial charge on any atom is -0.377 e. The van der Waals surface area contributed by atoms with Gasteiger partial charge in [0, 0.05) is 13.5 Å². The Hall–Kier alpha value is -0.840. The molecule has 0 spiro atoms. The zero-order valence-electron chi connectivity index (χ0n) is 14.8. The molecule has 1 unspecified atom stereocenters. The van der Waals surface area contributed by atoms with Crippen molar-refractivity contribution < 1.29 is 37.9 Å². The van der Waals surface area contributed by atoms with Crippen LogP contribution in [0.25, 0.3) is 0 Å². The van der Waals surface area contributed by atoms with E-state index in [9.17, 15) is 9.18 Å². The van der Waals surface area contributed by atoms with Gasteiger partial charge in [0.25, 0.3) is 0 Å². The fourth-order valence-electron chi connectivity index (χ4n) is 1.50. The number of hydrogen-bond donors (Lipinski definition) is 1. The molecular weight excluding hydrogens is 325 g/mol. The molecule has 0 aromatic rings. The van der Waals surface area contributed by atoms with Crippen molar-refractivity contribution in [3.63, 3.8) is 0 Å². The normalized spacial score (nSPS) is 13.0. The van der Waals surface area contributed by atoms with Crippen molar-refractivity contribution in [3.05, 3.63) is 0 Å². The highest BCUT2D eigenvalue weighted by molar-refractivity contribution is 5.65. The van der Waals surface area contributed by atoms with E-state index in [1.165, 1.54) is 6.92 Å². The SMILES string of the molecule is CC(=O)OOCCOCCOCCOCCOC(C)(C)C(F)CN.